The van der Waals surface area contributed by atoms with E-state index in [1.165, 1.54) is 0 Å². The molecule has 1 amide bonds. The topological polar surface area (TPSA) is 125 Å². The van der Waals surface area contributed by atoms with E-state index in [-0.39, 0.29) is 6.54 Å². The number of rotatable bonds is 7. The number of aromatic nitrogens is 6. The molecule has 4 aromatic rings. The summed E-state index contributed by atoms with van der Waals surface area (Å²) in [6, 6.07) is 10.0. The zero-order chi connectivity index (χ0) is 22.7. The number of carbonyl (C=O) groups excluding carboxylic acids is 1. The van der Waals surface area contributed by atoms with Gasteiger partial charge >= 0.3 is 0 Å². The zero-order valence-electron chi connectivity index (χ0n) is 18.2. The van der Waals surface area contributed by atoms with Gasteiger partial charge in [0, 0.05) is 23.4 Å². The van der Waals surface area contributed by atoms with Crippen molar-refractivity contribution in [3.8, 4) is 0 Å². The molecule has 0 aliphatic rings. The molecule has 0 saturated carbocycles. The summed E-state index contributed by atoms with van der Waals surface area (Å²) in [7, 11) is 0. The number of benzene rings is 1. The molecule has 32 heavy (non-hydrogen) atoms. The highest BCUT2D eigenvalue weighted by molar-refractivity contribution is 6.09. The van der Waals surface area contributed by atoms with Crippen molar-refractivity contribution in [2.75, 3.05) is 6.54 Å². The van der Waals surface area contributed by atoms with Crippen LogP contribution in [0.2, 0.25) is 0 Å². The molecule has 3 heterocycles. The minimum absolute atomic E-state index is 0.283. The maximum atomic E-state index is 11.5. The molecule has 0 bridgehead atoms. The van der Waals surface area contributed by atoms with Crippen LogP contribution < -0.4 is 5.73 Å². The van der Waals surface area contributed by atoms with Gasteiger partial charge in [0.2, 0.25) is 11.6 Å². The first-order valence-corrected chi connectivity index (χ1v) is 10.2. The van der Waals surface area contributed by atoms with Crippen LogP contribution in [-0.4, -0.2) is 48.6 Å². The first-order chi connectivity index (χ1) is 15.4. The number of nitrogens with two attached hydrogens (primary N) is 1. The Bertz CT molecular complexity index is 1350. The van der Waals surface area contributed by atoms with Gasteiger partial charge in [-0.3, -0.25) is 14.8 Å². The Balaban J connectivity index is 1.60. The summed E-state index contributed by atoms with van der Waals surface area (Å²) in [6.45, 7) is 6.21. The SMILES string of the molecule is C/C=C(\C=N/CC(C)(C)C(N)=O)c1cnc2nnn(Cc3ccc4ncccc4c3)c2n1. The fourth-order valence-corrected chi connectivity index (χ4v) is 3.14. The summed E-state index contributed by atoms with van der Waals surface area (Å²) in [6.07, 6.45) is 7.00. The second-order valence-electron chi connectivity index (χ2n) is 8.14. The highest BCUT2D eigenvalue weighted by atomic mass is 16.1. The molecule has 0 radical (unpaired) electrons. The van der Waals surface area contributed by atoms with Crippen molar-refractivity contribution in [1.29, 1.82) is 0 Å². The molecular formula is C23H24N8O. The standard InChI is InChI=1S/C23H24N8O/c1-4-16(11-25-14-23(2,3)22(24)32)19-12-27-20-21(28-19)31(30-29-20)13-15-7-8-18-17(10-15)6-5-9-26-18/h4-12H,13-14H2,1-3H3,(H2,24,32)/b16-4+,25-11-. The van der Waals surface area contributed by atoms with Gasteiger partial charge in [-0.25, -0.2) is 14.6 Å². The quantitative estimate of drug-likeness (QED) is 0.451. The maximum absolute atomic E-state index is 11.5. The third kappa shape index (κ3) is 4.36. The van der Waals surface area contributed by atoms with E-state index in [2.05, 4.69) is 31.3 Å². The number of allylic oxidation sites excluding steroid dienone is 2. The number of fused-ring (bicyclic) bond motifs is 2. The molecule has 1 aromatic carbocycles. The number of nitrogens with zero attached hydrogens (tertiary/aromatic N) is 7. The molecule has 162 valence electrons. The summed E-state index contributed by atoms with van der Waals surface area (Å²) in [5, 5.41) is 9.43. The molecule has 0 unspecified atom stereocenters. The second kappa shape index (κ2) is 8.62. The lowest BCUT2D eigenvalue weighted by Gasteiger charge is -2.16. The van der Waals surface area contributed by atoms with Gasteiger partial charge in [0.05, 0.1) is 35.9 Å². The highest BCUT2D eigenvalue weighted by Crippen LogP contribution is 2.18. The number of aliphatic imine (C=N–C) groups is 1. The smallest absolute Gasteiger partial charge is 0.224 e. The van der Waals surface area contributed by atoms with Crippen LogP contribution in [0.3, 0.4) is 0 Å². The summed E-state index contributed by atoms with van der Waals surface area (Å²) in [5.74, 6) is -0.391. The number of primary amides is 1. The zero-order valence-corrected chi connectivity index (χ0v) is 18.2. The molecular weight excluding hydrogens is 404 g/mol. The van der Waals surface area contributed by atoms with Gasteiger partial charge in [0.25, 0.3) is 0 Å². The Morgan fingerprint density at radius 1 is 1.25 bits per heavy atom. The monoisotopic (exact) mass is 428 g/mol. The van der Waals surface area contributed by atoms with E-state index in [0.717, 1.165) is 22.0 Å². The molecule has 0 aliphatic heterocycles. The van der Waals surface area contributed by atoms with Gasteiger partial charge < -0.3 is 5.73 Å². The number of pyridine rings is 1. The van der Waals surface area contributed by atoms with Crippen LogP contribution in [0.5, 0.6) is 0 Å². The molecule has 2 N–H and O–H groups in total. The van der Waals surface area contributed by atoms with Crippen molar-refractivity contribution >= 4 is 39.9 Å². The van der Waals surface area contributed by atoms with E-state index in [0.29, 0.717) is 23.5 Å². The lowest BCUT2D eigenvalue weighted by Crippen LogP contribution is -2.34. The van der Waals surface area contributed by atoms with Gasteiger partial charge in [-0.15, -0.1) is 5.10 Å². The number of hydrogen-bond acceptors (Lipinski definition) is 7. The van der Waals surface area contributed by atoms with E-state index in [1.807, 2.05) is 37.3 Å². The Hall–Kier alpha value is -4.01. The summed E-state index contributed by atoms with van der Waals surface area (Å²) in [4.78, 5) is 29.4. The normalized spacial score (nSPS) is 12.8. The van der Waals surface area contributed by atoms with Gasteiger partial charge in [-0.2, -0.15) is 0 Å². The molecule has 0 saturated heterocycles. The number of carbonyl (C=O) groups is 1. The van der Waals surface area contributed by atoms with Gasteiger partial charge in [-0.1, -0.05) is 23.4 Å². The van der Waals surface area contributed by atoms with Crippen LogP contribution in [0.4, 0.5) is 0 Å². The van der Waals surface area contributed by atoms with E-state index >= 15 is 0 Å². The summed E-state index contributed by atoms with van der Waals surface area (Å²) < 4.78 is 1.73. The van der Waals surface area contributed by atoms with Crippen LogP contribution >= 0.6 is 0 Å². The first kappa shape index (κ1) is 21.2. The highest BCUT2D eigenvalue weighted by Gasteiger charge is 2.24. The van der Waals surface area contributed by atoms with Crippen molar-refractivity contribution in [2.45, 2.75) is 27.3 Å². The third-order valence-corrected chi connectivity index (χ3v) is 5.22. The van der Waals surface area contributed by atoms with E-state index in [1.54, 1.807) is 37.1 Å². The predicted octanol–water partition coefficient (Wildman–Crippen LogP) is 2.80. The Morgan fingerprint density at radius 2 is 2.09 bits per heavy atom. The number of amides is 1. The minimum Gasteiger partial charge on any atom is -0.369 e. The van der Waals surface area contributed by atoms with Gasteiger partial charge in [-0.05, 0) is 44.5 Å². The lowest BCUT2D eigenvalue weighted by molar-refractivity contribution is -0.125. The average Bonchev–Trinajstić information content (AvgIpc) is 3.18. The minimum atomic E-state index is -0.719. The van der Waals surface area contributed by atoms with Crippen molar-refractivity contribution in [3.05, 3.63) is 60.1 Å². The maximum Gasteiger partial charge on any atom is 0.224 e. The Kier molecular flexibility index (Phi) is 5.72. The van der Waals surface area contributed by atoms with Crippen LogP contribution in [0.25, 0.3) is 27.8 Å². The first-order valence-electron chi connectivity index (χ1n) is 10.2. The van der Waals surface area contributed by atoms with Crippen LogP contribution in [0, 0.1) is 5.41 Å². The van der Waals surface area contributed by atoms with Crippen molar-refractivity contribution in [3.63, 3.8) is 0 Å². The summed E-state index contributed by atoms with van der Waals surface area (Å²) in [5.41, 5.74) is 9.19. The lowest BCUT2D eigenvalue weighted by atomic mass is 9.93. The van der Waals surface area contributed by atoms with E-state index in [4.69, 9.17) is 10.7 Å². The van der Waals surface area contributed by atoms with Crippen LogP contribution in [0.1, 0.15) is 32.0 Å². The largest absolute Gasteiger partial charge is 0.369 e. The van der Waals surface area contributed by atoms with E-state index < -0.39 is 11.3 Å². The van der Waals surface area contributed by atoms with Crippen molar-refractivity contribution in [2.24, 2.45) is 16.1 Å². The van der Waals surface area contributed by atoms with Crippen LogP contribution in [-0.2, 0) is 11.3 Å². The molecule has 0 atom stereocenters. The molecule has 9 nitrogen and oxygen atoms in total. The van der Waals surface area contributed by atoms with E-state index in [9.17, 15) is 4.79 Å². The Morgan fingerprint density at radius 3 is 2.88 bits per heavy atom. The average molecular weight is 429 g/mol. The number of hydrogen-bond donors (Lipinski definition) is 1. The van der Waals surface area contributed by atoms with Crippen molar-refractivity contribution in [1.82, 2.24) is 29.9 Å². The van der Waals surface area contributed by atoms with Gasteiger partial charge in [0.1, 0.15) is 0 Å². The molecule has 4 rings (SSSR count). The molecule has 9 heteroatoms. The fourth-order valence-electron chi connectivity index (χ4n) is 3.14. The molecule has 0 fully saturated rings. The predicted molar refractivity (Wildman–Crippen MR) is 124 cm³/mol. The third-order valence-electron chi connectivity index (χ3n) is 5.22. The van der Waals surface area contributed by atoms with Gasteiger partial charge in [0.15, 0.2) is 5.65 Å². The Labute approximate surface area is 185 Å². The van der Waals surface area contributed by atoms with Crippen molar-refractivity contribution < 1.29 is 4.79 Å². The fraction of sp³-hybridized carbons (Fsp3) is 0.261. The second-order valence-corrected chi connectivity index (χ2v) is 8.14. The molecule has 0 aliphatic carbocycles. The molecule has 3 aromatic heterocycles. The summed E-state index contributed by atoms with van der Waals surface area (Å²) >= 11 is 0. The van der Waals surface area contributed by atoms with Crippen LogP contribution in [0.15, 0.2) is 53.8 Å². The molecule has 0 spiro atoms.